The Balaban J connectivity index is 0.915. The molecule has 0 aliphatic carbocycles. The Labute approximate surface area is 531 Å². The van der Waals surface area contributed by atoms with Gasteiger partial charge in [-0.1, -0.05) is 224 Å². The summed E-state index contributed by atoms with van der Waals surface area (Å²) in [5.74, 6) is 31.1. The number of unbranched alkanes of at least 4 members (excludes halogenated alkanes) is 8. The summed E-state index contributed by atoms with van der Waals surface area (Å²) in [6, 6.07) is 54.8. The van der Waals surface area contributed by atoms with Crippen LogP contribution < -0.4 is 0 Å². The lowest BCUT2D eigenvalue weighted by Crippen LogP contribution is -2.16. The highest BCUT2D eigenvalue weighted by Crippen LogP contribution is 2.37. The van der Waals surface area contributed by atoms with Crippen LogP contribution in [0.2, 0.25) is 39.3 Å². The van der Waals surface area contributed by atoms with Crippen LogP contribution in [0.15, 0.2) is 175 Å². The van der Waals surface area contributed by atoms with Crippen molar-refractivity contribution >= 4 is 34.3 Å². The number of benzene rings is 8. The summed E-state index contributed by atoms with van der Waals surface area (Å²) in [7, 11) is -3.13. The molecule has 0 saturated heterocycles. The fraction of sp³-hybridized carbons (Fsp3) is 0.232. The van der Waals surface area contributed by atoms with Crippen molar-refractivity contribution < 1.29 is 19.8 Å². The third-order valence-electron chi connectivity index (χ3n) is 14.5. The first-order chi connectivity index (χ1) is 42.9. The molecule has 7 heteroatoms. The fourth-order valence-electron chi connectivity index (χ4n) is 9.75. The lowest BCUT2D eigenvalue weighted by molar-refractivity contribution is 0.0687. The molecule has 0 bridgehead atoms. The minimum absolute atomic E-state index is 0.228. The molecule has 0 saturated carbocycles. The van der Waals surface area contributed by atoms with Gasteiger partial charge < -0.3 is 10.2 Å². The second-order valence-electron chi connectivity index (χ2n) is 24.3. The Hall–Kier alpha value is -9.84. The number of carbonyl (C=O) groups is 2. The van der Waals surface area contributed by atoms with Crippen LogP contribution in [0, 0.1) is 70.3 Å². The molecule has 0 heterocycles. The summed E-state index contributed by atoms with van der Waals surface area (Å²) < 4.78 is 0. The van der Waals surface area contributed by atoms with E-state index in [1.54, 1.807) is 0 Å². The minimum atomic E-state index is -1.57. The Bertz CT molecular complexity index is 4240. The molecule has 0 atom stereocenters. The number of hydrogen-bond donors (Lipinski definition) is 2. The zero-order valence-corrected chi connectivity index (χ0v) is 54.7. The van der Waals surface area contributed by atoms with Gasteiger partial charge in [-0.15, -0.1) is 11.1 Å². The van der Waals surface area contributed by atoms with E-state index in [0.717, 1.165) is 116 Å². The van der Waals surface area contributed by atoms with Crippen LogP contribution in [0.3, 0.4) is 0 Å². The molecule has 442 valence electrons. The third kappa shape index (κ3) is 20.1. The molecule has 0 amide bonds. The van der Waals surface area contributed by atoms with Gasteiger partial charge in [-0.25, -0.2) is 9.59 Å². The lowest BCUT2D eigenvalue weighted by atomic mass is 9.89. The molecule has 2 N–H and O–H groups in total. The maximum Gasteiger partial charge on any atom is 0.336 e. The van der Waals surface area contributed by atoms with Crippen LogP contribution in [0.4, 0.5) is 0 Å². The maximum atomic E-state index is 13.1. The third-order valence-corrected chi connectivity index (χ3v) is 16.3. The standard InChI is InChI=1S/C82H77NO4Si2/c1-9-11-13-15-17-19-21-69-55-75(79(81(84)85)77(57-69)73-47-39-65(40-48-73)51-53-88(3,4)5)71-43-35-63(36-44-71)25-23-61-27-31-67(32-28-61)59-83-60-68-33-29-62(30-34-68)24-26-64-37-45-72(46-38-64)76-56-70(22-20-18-16-14-12-10-2)58-78(80(76)82(86)87)74-49-41-66(42-50-74)52-54-89(6,7)8/h27-50,55-59H,9-18,60H2,1-8H3,(H,84,85)(H,86,87). The van der Waals surface area contributed by atoms with Gasteiger partial charge in [0.2, 0.25) is 0 Å². The maximum absolute atomic E-state index is 13.1. The van der Waals surface area contributed by atoms with Crippen molar-refractivity contribution in [2.75, 3.05) is 0 Å². The monoisotopic (exact) mass is 1200 g/mol. The van der Waals surface area contributed by atoms with Gasteiger partial charge in [-0.05, 0) is 166 Å². The zero-order chi connectivity index (χ0) is 63.2. The van der Waals surface area contributed by atoms with E-state index in [0.29, 0.717) is 28.8 Å². The second-order valence-corrected chi connectivity index (χ2v) is 33.8. The minimum Gasteiger partial charge on any atom is -0.478 e. The summed E-state index contributed by atoms with van der Waals surface area (Å²) >= 11 is 0. The number of carboxylic acid groups (broad SMARTS) is 2. The topological polar surface area (TPSA) is 87.0 Å². The Kier molecular flexibility index (Phi) is 23.2. The fourth-order valence-corrected chi connectivity index (χ4v) is 10.8. The summed E-state index contributed by atoms with van der Waals surface area (Å²) in [4.78, 5) is 31.0. The summed E-state index contributed by atoms with van der Waals surface area (Å²) in [5, 5.41) is 21.5. The van der Waals surface area contributed by atoms with Gasteiger partial charge >= 0.3 is 11.9 Å². The predicted octanol–water partition coefficient (Wildman–Crippen LogP) is 19.3. The van der Waals surface area contributed by atoms with Gasteiger partial charge in [0, 0.05) is 63.6 Å². The molecular formula is C82H77NO4Si2. The van der Waals surface area contributed by atoms with Crippen LogP contribution in [0.5, 0.6) is 0 Å². The van der Waals surface area contributed by atoms with E-state index in [9.17, 15) is 19.8 Å². The molecular weight excluding hydrogens is 1120 g/mol. The molecule has 8 rings (SSSR count). The van der Waals surface area contributed by atoms with Gasteiger partial charge in [-0.2, -0.15) is 0 Å². The van der Waals surface area contributed by atoms with Crippen molar-refractivity contribution in [3.63, 3.8) is 0 Å². The number of nitrogens with zero attached hydrogens (tertiary/aromatic N) is 1. The molecule has 89 heavy (non-hydrogen) atoms. The van der Waals surface area contributed by atoms with E-state index < -0.39 is 28.1 Å². The van der Waals surface area contributed by atoms with Crippen molar-refractivity contribution in [3.05, 3.63) is 237 Å². The van der Waals surface area contributed by atoms with Gasteiger partial charge in [0.25, 0.3) is 0 Å². The number of carboxylic acids is 2. The van der Waals surface area contributed by atoms with Gasteiger partial charge in [0.05, 0.1) is 17.7 Å². The average Bonchev–Trinajstić information content (AvgIpc) is 0.997. The van der Waals surface area contributed by atoms with Gasteiger partial charge in [-0.3, -0.25) is 4.99 Å². The van der Waals surface area contributed by atoms with Crippen molar-refractivity contribution in [3.8, 4) is 115 Å². The predicted molar refractivity (Wildman–Crippen MR) is 376 cm³/mol. The molecule has 8 aromatic rings. The van der Waals surface area contributed by atoms with Crippen molar-refractivity contribution in [2.45, 2.75) is 124 Å². The molecule has 0 aliphatic heterocycles. The van der Waals surface area contributed by atoms with Crippen LogP contribution in [-0.4, -0.2) is 44.5 Å². The highest BCUT2D eigenvalue weighted by atomic mass is 28.3. The Morgan fingerprint density at radius 1 is 0.382 bits per heavy atom. The normalized spacial score (nSPS) is 10.8. The molecule has 0 spiro atoms. The molecule has 8 aromatic carbocycles. The van der Waals surface area contributed by atoms with Crippen molar-refractivity contribution in [2.24, 2.45) is 4.99 Å². The summed E-state index contributed by atoms with van der Waals surface area (Å²) in [6.07, 6.45) is 12.5. The number of aliphatic imine (C=N–C) groups is 1. The largest absolute Gasteiger partial charge is 0.478 e. The van der Waals surface area contributed by atoms with Gasteiger partial charge in [0.15, 0.2) is 0 Å². The van der Waals surface area contributed by atoms with E-state index in [-0.39, 0.29) is 11.1 Å². The zero-order valence-electron chi connectivity index (χ0n) is 52.7. The van der Waals surface area contributed by atoms with Crippen LogP contribution in [-0.2, 0) is 6.54 Å². The lowest BCUT2D eigenvalue weighted by Gasteiger charge is -2.14. The SMILES string of the molecule is CCCCCCC#Cc1cc(-c2ccc(C#Cc3ccc(C=NCc4ccc(C#Cc5ccc(-c6cc(C#CCCCCCC)cc(-c7ccc(C#C[Si](C)(C)C)cc7)c6C(=O)O)cc5)cc4)cc3)cc2)c(C(=O)O)c(-c2ccc(C#C[Si](C)(C)C)cc2)c1. The van der Waals surface area contributed by atoms with E-state index in [1.165, 1.54) is 25.7 Å². The van der Waals surface area contributed by atoms with E-state index in [4.69, 9.17) is 4.99 Å². The average molecular weight is 1200 g/mol. The van der Waals surface area contributed by atoms with E-state index >= 15 is 0 Å². The first kappa shape index (κ1) is 65.1. The highest BCUT2D eigenvalue weighted by Gasteiger charge is 2.22. The molecule has 0 radical (unpaired) electrons. The second kappa shape index (κ2) is 31.7. The first-order valence-electron chi connectivity index (χ1n) is 30.9. The molecule has 0 aromatic heterocycles. The van der Waals surface area contributed by atoms with Gasteiger partial charge in [0.1, 0.15) is 16.1 Å². The smallest absolute Gasteiger partial charge is 0.336 e. The number of aromatic carboxylic acids is 2. The molecule has 0 fully saturated rings. The summed E-state index contributed by atoms with van der Waals surface area (Å²) in [6.45, 7) is 18.2. The number of rotatable bonds is 17. The van der Waals surface area contributed by atoms with E-state index in [1.807, 2.05) is 176 Å². The quantitative estimate of drug-likeness (QED) is 0.0412. The van der Waals surface area contributed by atoms with Crippen LogP contribution >= 0.6 is 0 Å². The Morgan fingerprint density at radius 3 is 0.989 bits per heavy atom. The molecule has 0 unspecified atom stereocenters. The van der Waals surface area contributed by atoms with Crippen molar-refractivity contribution in [1.82, 2.24) is 0 Å². The van der Waals surface area contributed by atoms with Crippen LogP contribution in [0.1, 0.15) is 154 Å². The van der Waals surface area contributed by atoms with Crippen LogP contribution in [0.25, 0.3) is 44.5 Å². The summed E-state index contributed by atoms with van der Waals surface area (Å²) in [5.41, 5.74) is 21.6. The number of hydrogen-bond acceptors (Lipinski definition) is 3. The molecule has 5 nitrogen and oxygen atoms in total. The first-order valence-corrected chi connectivity index (χ1v) is 37.9. The molecule has 0 aliphatic rings. The highest BCUT2D eigenvalue weighted by molar-refractivity contribution is 6.84. The Morgan fingerprint density at radius 2 is 0.685 bits per heavy atom. The van der Waals surface area contributed by atoms with Crippen molar-refractivity contribution in [1.29, 1.82) is 0 Å². The van der Waals surface area contributed by atoms with E-state index in [2.05, 4.69) is 123 Å².